The molecule has 1 heterocycles. The van der Waals surface area contributed by atoms with Gasteiger partial charge in [0.2, 0.25) is 0 Å². The number of quaternary nitrogens is 1. The largest absolute Gasteiger partial charge is 0.756 e. The quantitative estimate of drug-likeness (QED) is 0.0148. The van der Waals surface area contributed by atoms with Gasteiger partial charge in [0.15, 0.2) is 6.10 Å². The highest BCUT2D eigenvalue weighted by molar-refractivity contribution is 7.45. The van der Waals surface area contributed by atoms with Gasteiger partial charge in [-0.1, -0.05) is 138 Å². The number of unbranched alkanes of at least 4 members (excludes halogenated alkanes) is 10. The molecule has 10 nitrogen and oxygen atoms in total. The fraction of sp³-hybridized carbons (Fsp3) is 0.708. The Labute approximate surface area is 359 Å². The summed E-state index contributed by atoms with van der Waals surface area (Å²) in [7, 11) is 1.09. The first kappa shape index (κ1) is 54.4. The van der Waals surface area contributed by atoms with E-state index in [1.165, 1.54) is 51.4 Å². The van der Waals surface area contributed by atoms with Crippen molar-refractivity contribution in [3.63, 3.8) is 0 Å². The van der Waals surface area contributed by atoms with E-state index in [-0.39, 0.29) is 26.1 Å². The lowest BCUT2D eigenvalue weighted by molar-refractivity contribution is -0.870. The second-order valence-corrected chi connectivity index (χ2v) is 17.9. The van der Waals surface area contributed by atoms with Gasteiger partial charge in [-0.3, -0.25) is 14.2 Å². The molecule has 11 heteroatoms. The first-order chi connectivity index (χ1) is 28.5. The zero-order valence-corrected chi connectivity index (χ0v) is 38.5. The number of ether oxygens (including phenoxy) is 3. The maximum atomic E-state index is 12.7. The molecular weight excluding hydrogens is 766 g/mol. The minimum Gasteiger partial charge on any atom is -0.756 e. The summed E-state index contributed by atoms with van der Waals surface area (Å²) in [4.78, 5) is 37.6. The molecule has 0 N–H and O–H groups in total. The molecule has 0 bridgehead atoms. The first-order valence-corrected chi connectivity index (χ1v) is 24.2. The standard InChI is InChI=1S/C48H82NO9P/c1-6-8-10-11-12-13-14-15-16-17-18-19-20-21-22-23-28-31-35-39-48(51)57-44(43-56-59(52,53)55-41-40-49(3,4)5)42-54-47(50)38-34-30-27-25-24-26-29-33-37-46-45(58-46)36-32-9-7-2/h12-13,15-16,18-19,21-22,28-29,31,33,44-46H,6-11,14,17,20,23-27,30,32,34-43H2,1-5H3/b13-12-,16-15-,19-18-,22-21-,31-28-,33-29-/t44-,45?,46?/m1/s1. The highest BCUT2D eigenvalue weighted by Gasteiger charge is 2.36. The van der Waals surface area contributed by atoms with E-state index in [1.54, 1.807) is 0 Å². The van der Waals surface area contributed by atoms with Crippen molar-refractivity contribution in [3.8, 4) is 0 Å². The Hall–Kier alpha value is -2.59. The molecule has 0 radical (unpaired) electrons. The summed E-state index contributed by atoms with van der Waals surface area (Å²) in [5.74, 6) is -0.959. The summed E-state index contributed by atoms with van der Waals surface area (Å²) in [6.07, 6.45) is 46.9. The number of carbonyl (C=O) groups excluding carboxylic acids is 2. The van der Waals surface area contributed by atoms with Crippen LogP contribution in [0.3, 0.4) is 0 Å². The van der Waals surface area contributed by atoms with Gasteiger partial charge in [-0.25, -0.2) is 0 Å². The van der Waals surface area contributed by atoms with Crippen molar-refractivity contribution in [3.05, 3.63) is 72.9 Å². The summed E-state index contributed by atoms with van der Waals surface area (Å²) in [6.45, 7) is 4.04. The summed E-state index contributed by atoms with van der Waals surface area (Å²) in [5.41, 5.74) is 0. The Balaban J connectivity index is 2.34. The minimum absolute atomic E-state index is 0.0523. The second kappa shape index (κ2) is 36.1. The van der Waals surface area contributed by atoms with Crippen molar-refractivity contribution in [1.82, 2.24) is 0 Å². The van der Waals surface area contributed by atoms with Crippen molar-refractivity contribution in [2.45, 2.75) is 173 Å². The number of likely N-dealkylation sites (N-methyl/N-ethyl adjacent to an activating group) is 1. The van der Waals surface area contributed by atoms with Crippen LogP contribution in [0.15, 0.2) is 72.9 Å². The molecule has 3 unspecified atom stereocenters. The number of allylic oxidation sites excluding steroid dienone is 11. The highest BCUT2D eigenvalue weighted by Crippen LogP contribution is 2.38. The van der Waals surface area contributed by atoms with Crippen molar-refractivity contribution in [1.29, 1.82) is 0 Å². The lowest BCUT2D eigenvalue weighted by Gasteiger charge is -2.28. The average Bonchev–Trinajstić information content (AvgIpc) is 3.94. The molecule has 338 valence electrons. The molecule has 0 amide bonds. The molecule has 0 saturated carbocycles. The Kier molecular flexibility index (Phi) is 33.3. The molecule has 0 aromatic carbocycles. The lowest BCUT2D eigenvalue weighted by atomic mass is 10.1. The van der Waals surface area contributed by atoms with Crippen LogP contribution in [0.25, 0.3) is 0 Å². The molecule has 0 spiro atoms. The molecular formula is C48H82NO9P. The van der Waals surface area contributed by atoms with Crippen LogP contribution in [0.1, 0.15) is 155 Å². The molecule has 0 aliphatic carbocycles. The summed E-state index contributed by atoms with van der Waals surface area (Å²) >= 11 is 0. The van der Waals surface area contributed by atoms with Crippen LogP contribution in [0.2, 0.25) is 0 Å². The van der Waals surface area contributed by atoms with Gasteiger partial charge in [-0.2, -0.15) is 0 Å². The van der Waals surface area contributed by atoms with Crippen LogP contribution in [-0.4, -0.2) is 82.2 Å². The second-order valence-electron chi connectivity index (χ2n) is 16.4. The maximum Gasteiger partial charge on any atom is 0.306 e. The van der Waals surface area contributed by atoms with E-state index < -0.39 is 32.5 Å². The van der Waals surface area contributed by atoms with E-state index in [9.17, 15) is 19.0 Å². The highest BCUT2D eigenvalue weighted by atomic mass is 31.2. The molecule has 0 aromatic rings. The van der Waals surface area contributed by atoms with Gasteiger partial charge in [-0.05, 0) is 77.0 Å². The zero-order chi connectivity index (χ0) is 43.3. The molecule has 1 fully saturated rings. The molecule has 0 aromatic heterocycles. The number of phosphoric acid groups is 1. The minimum atomic E-state index is -4.66. The molecule has 4 atom stereocenters. The van der Waals surface area contributed by atoms with E-state index in [4.69, 9.17) is 23.3 Å². The van der Waals surface area contributed by atoms with Crippen LogP contribution in [0.4, 0.5) is 0 Å². The number of rotatable bonds is 39. The number of esters is 2. The van der Waals surface area contributed by atoms with Gasteiger partial charge < -0.3 is 32.6 Å². The Morgan fingerprint density at radius 2 is 1.17 bits per heavy atom. The van der Waals surface area contributed by atoms with Crippen molar-refractivity contribution in [2.24, 2.45) is 0 Å². The third kappa shape index (κ3) is 36.9. The number of carbonyl (C=O) groups is 2. The van der Waals surface area contributed by atoms with Crippen molar-refractivity contribution >= 4 is 19.8 Å². The van der Waals surface area contributed by atoms with Crippen LogP contribution in [-0.2, 0) is 37.4 Å². The summed E-state index contributed by atoms with van der Waals surface area (Å²) < 4.78 is 39.6. The summed E-state index contributed by atoms with van der Waals surface area (Å²) in [6, 6.07) is 0. The molecule has 1 rings (SSSR count). The van der Waals surface area contributed by atoms with Crippen LogP contribution >= 0.6 is 7.82 Å². The third-order valence-corrected chi connectivity index (χ3v) is 10.6. The van der Waals surface area contributed by atoms with Gasteiger partial charge in [0, 0.05) is 12.8 Å². The first-order valence-electron chi connectivity index (χ1n) is 22.8. The fourth-order valence-electron chi connectivity index (χ4n) is 5.94. The topological polar surface area (TPSA) is 124 Å². The smallest absolute Gasteiger partial charge is 0.306 e. The summed E-state index contributed by atoms with van der Waals surface area (Å²) in [5, 5.41) is 0. The van der Waals surface area contributed by atoms with Gasteiger partial charge in [-0.15, -0.1) is 0 Å². The van der Waals surface area contributed by atoms with Gasteiger partial charge in [0.05, 0.1) is 40.0 Å². The van der Waals surface area contributed by atoms with E-state index in [0.29, 0.717) is 36.1 Å². The van der Waals surface area contributed by atoms with E-state index in [0.717, 1.165) is 64.2 Å². The normalized spacial score (nSPS) is 17.7. The fourth-order valence-corrected chi connectivity index (χ4v) is 6.66. The van der Waals surface area contributed by atoms with E-state index in [2.05, 4.69) is 74.6 Å². The molecule has 1 aliphatic heterocycles. The SMILES string of the molecule is CCCCC/C=C\C/C=C\C/C=C\C/C=C\C/C=C\CCC(=O)O[C@H](COC(=O)CCCCCCC/C=C\CC1OC1CCCCC)COP(=O)([O-])OCC[N+](C)(C)C. The Bertz CT molecular complexity index is 1300. The number of epoxide rings is 1. The van der Waals surface area contributed by atoms with E-state index in [1.807, 2.05) is 33.3 Å². The lowest BCUT2D eigenvalue weighted by Crippen LogP contribution is -2.37. The van der Waals surface area contributed by atoms with Crippen molar-refractivity contribution < 1.29 is 46.8 Å². The number of hydrogen-bond donors (Lipinski definition) is 0. The third-order valence-electron chi connectivity index (χ3n) is 9.64. The average molecular weight is 848 g/mol. The molecule has 1 aliphatic rings. The molecule has 59 heavy (non-hydrogen) atoms. The van der Waals surface area contributed by atoms with Crippen LogP contribution < -0.4 is 4.89 Å². The van der Waals surface area contributed by atoms with Gasteiger partial charge >= 0.3 is 11.9 Å². The maximum absolute atomic E-state index is 12.7. The monoisotopic (exact) mass is 848 g/mol. The number of hydrogen-bond acceptors (Lipinski definition) is 9. The zero-order valence-electron chi connectivity index (χ0n) is 37.6. The Morgan fingerprint density at radius 3 is 1.80 bits per heavy atom. The predicted molar refractivity (Wildman–Crippen MR) is 240 cm³/mol. The number of phosphoric ester groups is 1. The van der Waals surface area contributed by atoms with Gasteiger partial charge in [0.1, 0.15) is 19.8 Å². The van der Waals surface area contributed by atoms with Crippen LogP contribution in [0.5, 0.6) is 0 Å². The van der Waals surface area contributed by atoms with Crippen LogP contribution in [0, 0.1) is 0 Å². The number of nitrogens with zero attached hydrogens (tertiary/aromatic N) is 1. The van der Waals surface area contributed by atoms with Crippen molar-refractivity contribution in [2.75, 3.05) is 47.5 Å². The molecule has 1 saturated heterocycles. The predicted octanol–water partition coefficient (Wildman–Crippen LogP) is 11.4. The Morgan fingerprint density at radius 1 is 0.627 bits per heavy atom. The van der Waals surface area contributed by atoms with Gasteiger partial charge in [0.25, 0.3) is 7.82 Å². The van der Waals surface area contributed by atoms with E-state index >= 15 is 0 Å².